The minimum atomic E-state index is 0.692. The summed E-state index contributed by atoms with van der Waals surface area (Å²) in [6, 6.07) is 5.85. The van der Waals surface area contributed by atoms with Gasteiger partial charge < -0.3 is 19.5 Å². The Labute approximate surface area is 109 Å². The van der Waals surface area contributed by atoms with Gasteiger partial charge in [0.05, 0.1) is 27.1 Å². The standard InChI is InChI=1S/C14H21NO3/c1-4-18-7-5-6-15-11-12-8-13(16-2)10-14(9-12)17-3/h4,8-10,15H,1,5-7,11H2,2-3H3. The second-order valence-corrected chi connectivity index (χ2v) is 3.79. The second kappa shape index (κ2) is 8.42. The first kappa shape index (κ1) is 14.4. The molecule has 0 heterocycles. The van der Waals surface area contributed by atoms with Gasteiger partial charge in [0.15, 0.2) is 0 Å². The third-order valence-electron chi connectivity index (χ3n) is 2.47. The average Bonchev–Trinajstić information content (AvgIpc) is 2.42. The lowest BCUT2D eigenvalue weighted by molar-refractivity contribution is 0.244. The quantitative estimate of drug-likeness (QED) is 0.540. The highest BCUT2D eigenvalue weighted by Gasteiger charge is 2.01. The van der Waals surface area contributed by atoms with Crippen LogP contribution < -0.4 is 14.8 Å². The average molecular weight is 251 g/mol. The van der Waals surface area contributed by atoms with E-state index in [0.717, 1.165) is 36.6 Å². The molecule has 0 spiro atoms. The molecule has 1 aromatic rings. The summed E-state index contributed by atoms with van der Waals surface area (Å²) in [6.07, 6.45) is 2.42. The third kappa shape index (κ3) is 5.10. The second-order valence-electron chi connectivity index (χ2n) is 3.79. The Bertz CT molecular complexity index is 344. The van der Waals surface area contributed by atoms with Crippen LogP contribution in [0, 0.1) is 0 Å². The molecule has 0 unspecified atom stereocenters. The van der Waals surface area contributed by atoms with Crippen molar-refractivity contribution in [3.63, 3.8) is 0 Å². The van der Waals surface area contributed by atoms with Crippen molar-refractivity contribution >= 4 is 0 Å². The molecule has 0 saturated heterocycles. The molecule has 1 aromatic carbocycles. The topological polar surface area (TPSA) is 39.7 Å². The van der Waals surface area contributed by atoms with Gasteiger partial charge in [-0.15, -0.1) is 0 Å². The number of hydrogen-bond acceptors (Lipinski definition) is 4. The molecule has 0 aromatic heterocycles. The van der Waals surface area contributed by atoms with Crippen LogP contribution in [0.25, 0.3) is 0 Å². The van der Waals surface area contributed by atoms with Gasteiger partial charge in [-0.25, -0.2) is 0 Å². The molecule has 4 heteroatoms. The van der Waals surface area contributed by atoms with Gasteiger partial charge >= 0.3 is 0 Å². The van der Waals surface area contributed by atoms with Crippen molar-refractivity contribution in [3.05, 3.63) is 36.6 Å². The lowest BCUT2D eigenvalue weighted by Crippen LogP contribution is -2.16. The smallest absolute Gasteiger partial charge is 0.122 e. The van der Waals surface area contributed by atoms with Gasteiger partial charge in [-0.3, -0.25) is 0 Å². The van der Waals surface area contributed by atoms with Crippen molar-refractivity contribution in [2.75, 3.05) is 27.4 Å². The van der Waals surface area contributed by atoms with Gasteiger partial charge in [0.25, 0.3) is 0 Å². The highest BCUT2D eigenvalue weighted by molar-refractivity contribution is 5.38. The van der Waals surface area contributed by atoms with Gasteiger partial charge in [-0.05, 0) is 30.7 Å². The first-order valence-corrected chi connectivity index (χ1v) is 5.95. The molecular formula is C14H21NO3. The monoisotopic (exact) mass is 251 g/mol. The normalized spacial score (nSPS) is 9.89. The number of ether oxygens (including phenoxy) is 3. The first-order chi connectivity index (χ1) is 8.80. The largest absolute Gasteiger partial charge is 0.502 e. The van der Waals surface area contributed by atoms with Crippen LogP contribution in [0.4, 0.5) is 0 Å². The van der Waals surface area contributed by atoms with Crippen molar-refractivity contribution < 1.29 is 14.2 Å². The molecule has 0 atom stereocenters. The molecule has 0 aliphatic carbocycles. The summed E-state index contributed by atoms with van der Waals surface area (Å²) in [6.45, 7) is 5.86. The van der Waals surface area contributed by atoms with Crippen LogP contribution in [-0.4, -0.2) is 27.4 Å². The van der Waals surface area contributed by atoms with E-state index in [9.17, 15) is 0 Å². The van der Waals surface area contributed by atoms with E-state index in [2.05, 4.69) is 11.9 Å². The zero-order chi connectivity index (χ0) is 13.2. The molecule has 0 saturated carbocycles. The first-order valence-electron chi connectivity index (χ1n) is 5.95. The number of methoxy groups -OCH3 is 2. The molecule has 0 fully saturated rings. The highest BCUT2D eigenvalue weighted by Crippen LogP contribution is 2.22. The summed E-state index contributed by atoms with van der Waals surface area (Å²) in [5.41, 5.74) is 1.14. The fourth-order valence-corrected chi connectivity index (χ4v) is 1.56. The lowest BCUT2D eigenvalue weighted by atomic mass is 10.2. The van der Waals surface area contributed by atoms with Crippen LogP contribution in [-0.2, 0) is 11.3 Å². The van der Waals surface area contributed by atoms with Crippen LogP contribution in [0.5, 0.6) is 11.5 Å². The Balaban J connectivity index is 2.38. The van der Waals surface area contributed by atoms with E-state index in [4.69, 9.17) is 14.2 Å². The molecular weight excluding hydrogens is 230 g/mol. The van der Waals surface area contributed by atoms with Crippen molar-refractivity contribution in [2.24, 2.45) is 0 Å². The van der Waals surface area contributed by atoms with E-state index in [0.29, 0.717) is 6.61 Å². The van der Waals surface area contributed by atoms with Gasteiger partial charge in [-0.1, -0.05) is 6.58 Å². The van der Waals surface area contributed by atoms with Crippen LogP contribution in [0.1, 0.15) is 12.0 Å². The van der Waals surface area contributed by atoms with E-state index < -0.39 is 0 Å². The molecule has 1 N–H and O–H groups in total. The predicted octanol–water partition coefficient (Wildman–Crippen LogP) is 2.34. The molecule has 0 radical (unpaired) electrons. The Hall–Kier alpha value is -1.68. The number of benzene rings is 1. The molecule has 0 aliphatic rings. The molecule has 4 nitrogen and oxygen atoms in total. The minimum absolute atomic E-state index is 0.692. The maximum atomic E-state index is 5.22. The third-order valence-corrected chi connectivity index (χ3v) is 2.47. The fourth-order valence-electron chi connectivity index (χ4n) is 1.56. The van der Waals surface area contributed by atoms with Gasteiger partial charge in [0, 0.05) is 12.6 Å². The Morgan fingerprint density at radius 2 is 1.83 bits per heavy atom. The molecule has 100 valence electrons. The number of rotatable bonds is 9. The van der Waals surface area contributed by atoms with Gasteiger partial charge in [0.2, 0.25) is 0 Å². The molecule has 0 amide bonds. The van der Waals surface area contributed by atoms with Crippen LogP contribution >= 0.6 is 0 Å². The van der Waals surface area contributed by atoms with Crippen LogP contribution in [0.3, 0.4) is 0 Å². The summed E-state index contributed by atoms with van der Waals surface area (Å²) in [7, 11) is 3.30. The zero-order valence-corrected chi connectivity index (χ0v) is 11.1. The molecule has 1 rings (SSSR count). The predicted molar refractivity (Wildman–Crippen MR) is 72.0 cm³/mol. The van der Waals surface area contributed by atoms with Crippen LogP contribution in [0.15, 0.2) is 31.0 Å². The summed E-state index contributed by atoms with van der Waals surface area (Å²) < 4.78 is 15.5. The summed E-state index contributed by atoms with van der Waals surface area (Å²) in [5.74, 6) is 1.61. The summed E-state index contributed by atoms with van der Waals surface area (Å²) >= 11 is 0. The maximum Gasteiger partial charge on any atom is 0.122 e. The zero-order valence-electron chi connectivity index (χ0n) is 11.1. The number of hydrogen-bond donors (Lipinski definition) is 1. The van der Waals surface area contributed by atoms with E-state index in [1.165, 1.54) is 6.26 Å². The van der Waals surface area contributed by atoms with E-state index in [1.54, 1.807) is 14.2 Å². The lowest BCUT2D eigenvalue weighted by Gasteiger charge is -2.09. The SMILES string of the molecule is C=COCCCNCc1cc(OC)cc(OC)c1. The van der Waals surface area contributed by atoms with E-state index in [-0.39, 0.29) is 0 Å². The van der Waals surface area contributed by atoms with Crippen molar-refractivity contribution in [2.45, 2.75) is 13.0 Å². The molecule has 0 bridgehead atoms. The van der Waals surface area contributed by atoms with E-state index in [1.807, 2.05) is 18.2 Å². The Kier molecular flexibility index (Phi) is 6.72. The van der Waals surface area contributed by atoms with E-state index >= 15 is 0 Å². The summed E-state index contributed by atoms with van der Waals surface area (Å²) in [4.78, 5) is 0. The molecule has 18 heavy (non-hydrogen) atoms. The van der Waals surface area contributed by atoms with Crippen molar-refractivity contribution in [1.82, 2.24) is 5.32 Å². The highest BCUT2D eigenvalue weighted by atomic mass is 16.5. The maximum absolute atomic E-state index is 5.22. The van der Waals surface area contributed by atoms with Gasteiger partial charge in [0.1, 0.15) is 11.5 Å². The Morgan fingerprint density at radius 1 is 1.17 bits per heavy atom. The van der Waals surface area contributed by atoms with Crippen molar-refractivity contribution in [1.29, 1.82) is 0 Å². The van der Waals surface area contributed by atoms with Gasteiger partial charge in [-0.2, -0.15) is 0 Å². The molecule has 0 aliphatic heterocycles. The summed E-state index contributed by atoms with van der Waals surface area (Å²) in [5, 5.41) is 3.34. The fraction of sp³-hybridized carbons (Fsp3) is 0.429. The number of nitrogens with one attached hydrogen (secondary N) is 1. The minimum Gasteiger partial charge on any atom is -0.502 e. The van der Waals surface area contributed by atoms with Crippen LogP contribution in [0.2, 0.25) is 0 Å². The van der Waals surface area contributed by atoms with Crippen molar-refractivity contribution in [3.8, 4) is 11.5 Å². The Morgan fingerprint density at radius 3 is 2.39 bits per heavy atom.